The Labute approximate surface area is 173 Å². The van der Waals surface area contributed by atoms with Gasteiger partial charge in [-0.2, -0.15) is 0 Å². The van der Waals surface area contributed by atoms with Gasteiger partial charge in [0.1, 0.15) is 5.82 Å². The molecule has 1 N–H and O–H groups in total. The SMILES string of the molecule is CCN(Cc1nc2cc(OC)c(OC)cc2c(=O)[nH]1)C(=O)CSc1ccccc1. The van der Waals surface area contributed by atoms with Crippen molar-refractivity contribution in [1.29, 1.82) is 0 Å². The molecule has 0 saturated carbocycles. The van der Waals surface area contributed by atoms with Crippen molar-refractivity contribution in [2.45, 2.75) is 18.4 Å². The van der Waals surface area contributed by atoms with Gasteiger partial charge in [-0.3, -0.25) is 9.59 Å². The molecular formula is C21H23N3O4S. The second-order valence-electron chi connectivity index (χ2n) is 6.25. The molecule has 2 aromatic carbocycles. The standard InChI is InChI=1S/C21H23N3O4S/c1-4-24(20(25)13-29-14-8-6-5-7-9-14)12-19-22-16-11-18(28-3)17(27-2)10-15(16)21(26)23-19/h5-11H,4,12-13H2,1-3H3,(H,22,23,26). The summed E-state index contributed by atoms with van der Waals surface area (Å²) in [6, 6.07) is 13.0. The zero-order chi connectivity index (χ0) is 20.8. The molecule has 0 fully saturated rings. The number of carbonyl (C=O) groups is 1. The Morgan fingerprint density at radius 3 is 2.48 bits per heavy atom. The Morgan fingerprint density at radius 1 is 1.14 bits per heavy atom. The molecule has 1 amide bonds. The highest BCUT2D eigenvalue weighted by Crippen LogP contribution is 2.30. The molecule has 0 spiro atoms. The Kier molecular flexibility index (Phi) is 6.77. The number of aromatic amines is 1. The number of rotatable bonds is 8. The van der Waals surface area contributed by atoms with Crippen LogP contribution in [0.5, 0.6) is 11.5 Å². The average Bonchev–Trinajstić information content (AvgIpc) is 2.75. The third-order valence-electron chi connectivity index (χ3n) is 4.44. The van der Waals surface area contributed by atoms with Crippen molar-refractivity contribution in [3.05, 3.63) is 58.6 Å². The molecule has 29 heavy (non-hydrogen) atoms. The second kappa shape index (κ2) is 9.47. The third kappa shape index (κ3) is 4.89. The maximum atomic E-state index is 12.6. The Bertz CT molecular complexity index is 1050. The number of nitrogens with zero attached hydrogens (tertiary/aromatic N) is 2. The number of benzene rings is 2. The van der Waals surface area contributed by atoms with Crippen molar-refractivity contribution in [3.63, 3.8) is 0 Å². The average molecular weight is 413 g/mol. The number of H-pyrrole nitrogens is 1. The summed E-state index contributed by atoms with van der Waals surface area (Å²) in [4.78, 5) is 35.1. The molecule has 0 unspecified atom stereocenters. The van der Waals surface area contributed by atoms with Crippen molar-refractivity contribution in [3.8, 4) is 11.5 Å². The first-order valence-corrected chi connectivity index (χ1v) is 10.1. The third-order valence-corrected chi connectivity index (χ3v) is 5.44. The van der Waals surface area contributed by atoms with Gasteiger partial charge in [0.15, 0.2) is 11.5 Å². The van der Waals surface area contributed by atoms with Crippen LogP contribution in [0, 0.1) is 0 Å². The van der Waals surface area contributed by atoms with Crippen LogP contribution in [0.1, 0.15) is 12.7 Å². The summed E-state index contributed by atoms with van der Waals surface area (Å²) < 4.78 is 10.5. The summed E-state index contributed by atoms with van der Waals surface area (Å²) in [5.74, 6) is 1.68. The van der Waals surface area contributed by atoms with Crippen molar-refractivity contribution < 1.29 is 14.3 Å². The quantitative estimate of drug-likeness (QED) is 0.572. The number of thioether (sulfide) groups is 1. The molecule has 0 atom stereocenters. The van der Waals surface area contributed by atoms with Crippen LogP contribution in [0.15, 0.2) is 52.2 Å². The number of hydrogen-bond donors (Lipinski definition) is 1. The molecule has 0 aliphatic carbocycles. The lowest BCUT2D eigenvalue weighted by molar-refractivity contribution is -0.128. The fraction of sp³-hybridized carbons (Fsp3) is 0.286. The Balaban J connectivity index is 1.79. The number of amides is 1. The summed E-state index contributed by atoms with van der Waals surface area (Å²) >= 11 is 1.48. The fourth-order valence-electron chi connectivity index (χ4n) is 2.90. The van der Waals surface area contributed by atoms with E-state index in [2.05, 4.69) is 9.97 Å². The van der Waals surface area contributed by atoms with E-state index in [9.17, 15) is 9.59 Å². The van der Waals surface area contributed by atoms with Gasteiger partial charge < -0.3 is 19.4 Å². The first kappa shape index (κ1) is 20.7. The van der Waals surface area contributed by atoms with Crippen molar-refractivity contribution in [1.82, 2.24) is 14.9 Å². The van der Waals surface area contributed by atoms with Crippen LogP contribution in [0.3, 0.4) is 0 Å². The van der Waals surface area contributed by atoms with Crippen LogP contribution in [-0.4, -0.2) is 47.3 Å². The Hall–Kier alpha value is -3.00. The molecule has 0 aliphatic heterocycles. The van der Waals surface area contributed by atoms with Gasteiger partial charge in [-0.1, -0.05) is 18.2 Å². The van der Waals surface area contributed by atoms with E-state index in [1.54, 1.807) is 17.0 Å². The monoisotopic (exact) mass is 413 g/mol. The minimum atomic E-state index is -0.284. The lowest BCUT2D eigenvalue weighted by Crippen LogP contribution is -2.33. The topological polar surface area (TPSA) is 84.5 Å². The molecule has 0 aliphatic rings. The molecule has 8 heteroatoms. The van der Waals surface area contributed by atoms with Gasteiger partial charge in [-0.25, -0.2) is 4.98 Å². The van der Waals surface area contributed by atoms with Crippen LogP contribution in [-0.2, 0) is 11.3 Å². The number of fused-ring (bicyclic) bond motifs is 1. The van der Waals surface area contributed by atoms with Crippen LogP contribution in [0.25, 0.3) is 10.9 Å². The van der Waals surface area contributed by atoms with Gasteiger partial charge in [0.25, 0.3) is 5.56 Å². The first-order chi connectivity index (χ1) is 14.0. The van der Waals surface area contributed by atoms with Gasteiger partial charge in [0.2, 0.25) is 5.91 Å². The highest BCUT2D eigenvalue weighted by Gasteiger charge is 2.16. The largest absolute Gasteiger partial charge is 0.493 e. The minimum Gasteiger partial charge on any atom is -0.493 e. The van der Waals surface area contributed by atoms with Gasteiger partial charge in [-0.15, -0.1) is 11.8 Å². The van der Waals surface area contributed by atoms with Gasteiger partial charge in [0, 0.05) is 17.5 Å². The summed E-state index contributed by atoms with van der Waals surface area (Å²) in [5.41, 5.74) is 0.205. The predicted octanol–water partition coefficient (Wildman–Crippen LogP) is 3.08. The van der Waals surface area contributed by atoms with Crippen LogP contribution < -0.4 is 15.0 Å². The first-order valence-electron chi connectivity index (χ1n) is 9.16. The number of methoxy groups -OCH3 is 2. The van der Waals surface area contributed by atoms with Gasteiger partial charge in [-0.05, 0) is 25.1 Å². The van der Waals surface area contributed by atoms with E-state index < -0.39 is 0 Å². The fourth-order valence-corrected chi connectivity index (χ4v) is 3.72. The summed E-state index contributed by atoms with van der Waals surface area (Å²) in [7, 11) is 3.04. The molecule has 1 heterocycles. The van der Waals surface area contributed by atoms with Crippen molar-refractivity contribution >= 4 is 28.6 Å². The highest BCUT2D eigenvalue weighted by molar-refractivity contribution is 8.00. The van der Waals surface area contributed by atoms with E-state index in [-0.39, 0.29) is 18.0 Å². The minimum absolute atomic E-state index is 0.0172. The predicted molar refractivity (Wildman–Crippen MR) is 114 cm³/mol. The lowest BCUT2D eigenvalue weighted by Gasteiger charge is -2.20. The van der Waals surface area contributed by atoms with Gasteiger partial charge in [0.05, 0.1) is 37.4 Å². The molecular weight excluding hydrogens is 390 g/mol. The smallest absolute Gasteiger partial charge is 0.258 e. The van der Waals surface area contributed by atoms with Crippen LogP contribution >= 0.6 is 11.8 Å². The molecule has 7 nitrogen and oxygen atoms in total. The summed E-state index contributed by atoms with van der Waals surface area (Å²) in [6.07, 6.45) is 0. The van der Waals surface area contributed by atoms with E-state index in [1.807, 2.05) is 37.3 Å². The molecule has 0 bridgehead atoms. The van der Waals surface area contributed by atoms with E-state index in [4.69, 9.17) is 9.47 Å². The van der Waals surface area contributed by atoms with Crippen molar-refractivity contribution in [2.75, 3.05) is 26.5 Å². The second-order valence-corrected chi connectivity index (χ2v) is 7.30. The number of ether oxygens (including phenoxy) is 2. The van der Waals surface area contributed by atoms with E-state index in [0.29, 0.717) is 40.5 Å². The number of aromatic nitrogens is 2. The molecule has 3 aromatic rings. The highest BCUT2D eigenvalue weighted by atomic mass is 32.2. The Morgan fingerprint density at radius 2 is 1.83 bits per heavy atom. The maximum absolute atomic E-state index is 12.6. The number of nitrogens with one attached hydrogen (secondary N) is 1. The molecule has 152 valence electrons. The zero-order valence-electron chi connectivity index (χ0n) is 16.6. The molecule has 1 aromatic heterocycles. The van der Waals surface area contributed by atoms with Crippen molar-refractivity contribution in [2.24, 2.45) is 0 Å². The summed E-state index contributed by atoms with van der Waals surface area (Å²) in [5, 5.41) is 0.403. The molecule has 3 rings (SSSR count). The van der Waals surface area contributed by atoms with E-state index >= 15 is 0 Å². The van der Waals surface area contributed by atoms with E-state index in [0.717, 1.165) is 4.90 Å². The lowest BCUT2D eigenvalue weighted by atomic mass is 10.2. The van der Waals surface area contributed by atoms with Gasteiger partial charge >= 0.3 is 0 Å². The number of carbonyl (C=O) groups excluding carboxylic acids is 1. The molecule has 0 radical (unpaired) electrons. The zero-order valence-corrected chi connectivity index (χ0v) is 17.4. The molecule has 0 saturated heterocycles. The normalized spacial score (nSPS) is 10.7. The maximum Gasteiger partial charge on any atom is 0.258 e. The van der Waals surface area contributed by atoms with Crippen LogP contribution in [0.4, 0.5) is 0 Å². The van der Waals surface area contributed by atoms with E-state index in [1.165, 1.54) is 26.0 Å². The summed E-state index contributed by atoms with van der Waals surface area (Å²) in [6.45, 7) is 2.64. The van der Waals surface area contributed by atoms with Crippen LogP contribution in [0.2, 0.25) is 0 Å². The number of hydrogen-bond acceptors (Lipinski definition) is 6.